The van der Waals surface area contributed by atoms with E-state index in [4.69, 9.17) is 15.3 Å². The van der Waals surface area contributed by atoms with E-state index in [1.807, 2.05) is 0 Å². The fourth-order valence-corrected chi connectivity index (χ4v) is 2.00. The highest BCUT2D eigenvalue weighted by atomic mass is 16.5. The Labute approximate surface area is 85.8 Å². The molecular formula is C11H22O3. The summed E-state index contributed by atoms with van der Waals surface area (Å²) >= 11 is 0. The van der Waals surface area contributed by atoms with Crippen LogP contribution < -0.4 is 0 Å². The van der Waals surface area contributed by atoms with E-state index in [9.17, 15) is 0 Å². The first-order valence-electron chi connectivity index (χ1n) is 5.76. The highest BCUT2D eigenvalue weighted by Gasteiger charge is 2.34. The first kappa shape index (κ1) is 12.0. The minimum absolute atomic E-state index is 0.300. The summed E-state index contributed by atoms with van der Waals surface area (Å²) in [5, 5.41) is 26.8. The Bertz CT molecular complexity index is 145. The molecule has 2 rings (SSSR count). The van der Waals surface area contributed by atoms with Gasteiger partial charge in [0.1, 0.15) is 6.10 Å². The lowest BCUT2D eigenvalue weighted by Crippen LogP contribution is -2.44. The molecule has 0 radical (unpaired) electrons. The van der Waals surface area contributed by atoms with Crippen LogP contribution in [0.5, 0.6) is 0 Å². The van der Waals surface area contributed by atoms with Crippen LogP contribution in [0.2, 0.25) is 0 Å². The van der Waals surface area contributed by atoms with E-state index in [0.29, 0.717) is 12.8 Å². The maximum absolute atomic E-state index is 8.95. The van der Waals surface area contributed by atoms with Gasteiger partial charge >= 0.3 is 0 Å². The third-order valence-corrected chi connectivity index (χ3v) is 3.06. The van der Waals surface area contributed by atoms with E-state index < -0.39 is 11.9 Å². The highest BCUT2D eigenvalue weighted by molar-refractivity contribution is 4.79. The van der Waals surface area contributed by atoms with Crippen molar-refractivity contribution < 1.29 is 15.3 Å². The molecule has 2 saturated carbocycles. The summed E-state index contributed by atoms with van der Waals surface area (Å²) in [5.41, 5.74) is 0. The molecular weight excluding hydrogens is 180 g/mol. The molecule has 0 heterocycles. The predicted octanol–water partition coefficient (Wildman–Crippen LogP) is 1.55. The van der Waals surface area contributed by atoms with Gasteiger partial charge < -0.3 is 15.3 Å². The van der Waals surface area contributed by atoms with Crippen LogP contribution in [0.1, 0.15) is 57.8 Å². The molecule has 3 N–H and O–H groups in total. The Kier molecular flexibility index (Phi) is 4.85. The van der Waals surface area contributed by atoms with Gasteiger partial charge in [-0.3, -0.25) is 0 Å². The zero-order valence-corrected chi connectivity index (χ0v) is 8.78. The minimum Gasteiger partial charge on any atom is -0.388 e. The zero-order chi connectivity index (χ0) is 10.4. The molecule has 1 atom stereocenters. The summed E-state index contributed by atoms with van der Waals surface area (Å²) < 4.78 is 0. The van der Waals surface area contributed by atoms with Gasteiger partial charge in [-0.15, -0.1) is 0 Å². The van der Waals surface area contributed by atoms with Crippen LogP contribution in [0.3, 0.4) is 0 Å². The Morgan fingerprint density at radius 2 is 1.29 bits per heavy atom. The van der Waals surface area contributed by atoms with Gasteiger partial charge in [-0.2, -0.15) is 0 Å². The van der Waals surface area contributed by atoms with Crippen LogP contribution in [0, 0.1) is 0 Å². The summed E-state index contributed by atoms with van der Waals surface area (Å²) in [6.45, 7) is 0. The molecule has 0 amide bonds. The van der Waals surface area contributed by atoms with Gasteiger partial charge in [0.2, 0.25) is 0 Å². The van der Waals surface area contributed by atoms with Crippen molar-refractivity contribution in [2.45, 2.75) is 69.7 Å². The molecule has 0 saturated heterocycles. The molecule has 2 aliphatic rings. The van der Waals surface area contributed by atoms with Crippen LogP contribution in [-0.2, 0) is 0 Å². The Morgan fingerprint density at radius 3 is 1.57 bits per heavy atom. The van der Waals surface area contributed by atoms with E-state index in [1.165, 1.54) is 32.1 Å². The Morgan fingerprint density at radius 1 is 0.786 bits per heavy atom. The maximum atomic E-state index is 8.95. The Hall–Kier alpha value is -0.120. The van der Waals surface area contributed by atoms with Crippen molar-refractivity contribution in [3.8, 4) is 0 Å². The quantitative estimate of drug-likeness (QED) is 0.522. The van der Waals surface area contributed by atoms with Gasteiger partial charge in [0.15, 0.2) is 5.79 Å². The van der Waals surface area contributed by atoms with Crippen LogP contribution in [0.25, 0.3) is 0 Å². The lowest BCUT2D eigenvalue weighted by Gasteiger charge is -2.31. The summed E-state index contributed by atoms with van der Waals surface area (Å²) in [6, 6.07) is 0. The largest absolute Gasteiger partial charge is 0.388 e. The summed E-state index contributed by atoms with van der Waals surface area (Å²) in [6.07, 6.45) is 9.06. The number of aliphatic hydroxyl groups is 3. The highest BCUT2D eigenvalue weighted by Crippen LogP contribution is 2.25. The van der Waals surface area contributed by atoms with E-state index in [0.717, 1.165) is 12.8 Å². The van der Waals surface area contributed by atoms with E-state index >= 15 is 0 Å². The number of rotatable bonds is 0. The van der Waals surface area contributed by atoms with Gasteiger partial charge in [-0.25, -0.2) is 0 Å². The third kappa shape index (κ3) is 3.95. The molecule has 3 heteroatoms. The molecule has 3 nitrogen and oxygen atoms in total. The second kappa shape index (κ2) is 5.69. The fourth-order valence-electron chi connectivity index (χ4n) is 2.00. The van der Waals surface area contributed by atoms with Gasteiger partial charge in [-0.05, 0) is 12.8 Å². The minimum atomic E-state index is -1.81. The SMILES string of the molecule is C1CCCC1.OC1CCCCC1(O)O. The molecule has 0 aromatic carbocycles. The second-order valence-electron chi connectivity index (χ2n) is 4.41. The van der Waals surface area contributed by atoms with Gasteiger partial charge in [0.25, 0.3) is 0 Å². The zero-order valence-electron chi connectivity index (χ0n) is 8.78. The van der Waals surface area contributed by atoms with E-state index in [-0.39, 0.29) is 0 Å². The summed E-state index contributed by atoms with van der Waals surface area (Å²) in [7, 11) is 0. The Balaban J connectivity index is 0.000000165. The number of hydrogen-bond acceptors (Lipinski definition) is 3. The second-order valence-corrected chi connectivity index (χ2v) is 4.41. The van der Waals surface area contributed by atoms with Gasteiger partial charge in [0, 0.05) is 6.42 Å². The third-order valence-electron chi connectivity index (χ3n) is 3.06. The molecule has 84 valence electrons. The van der Waals surface area contributed by atoms with Crippen molar-refractivity contribution in [1.82, 2.24) is 0 Å². The van der Waals surface area contributed by atoms with Crippen molar-refractivity contribution in [2.24, 2.45) is 0 Å². The first-order chi connectivity index (χ1) is 6.63. The summed E-state index contributed by atoms with van der Waals surface area (Å²) in [4.78, 5) is 0. The molecule has 0 aliphatic heterocycles. The topological polar surface area (TPSA) is 60.7 Å². The molecule has 14 heavy (non-hydrogen) atoms. The standard InChI is InChI=1S/C6H12O3.C5H10/c7-5-3-1-2-4-6(5,8)9;1-2-4-5-3-1/h5,7-9H,1-4H2;1-5H2. The van der Waals surface area contributed by atoms with Crippen molar-refractivity contribution in [1.29, 1.82) is 0 Å². The van der Waals surface area contributed by atoms with Crippen molar-refractivity contribution in [3.05, 3.63) is 0 Å². The smallest absolute Gasteiger partial charge is 0.189 e. The van der Waals surface area contributed by atoms with E-state index in [1.54, 1.807) is 0 Å². The molecule has 2 aliphatic carbocycles. The van der Waals surface area contributed by atoms with Crippen molar-refractivity contribution in [3.63, 3.8) is 0 Å². The molecule has 0 aromatic heterocycles. The average molecular weight is 202 g/mol. The molecule has 1 unspecified atom stereocenters. The molecule has 0 aromatic rings. The number of hydrogen-bond donors (Lipinski definition) is 3. The van der Waals surface area contributed by atoms with Crippen LogP contribution in [-0.4, -0.2) is 27.2 Å². The fraction of sp³-hybridized carbons (Fsp3) is 1.00. The monoisotopic (exact) mass is 202 g/mol. The average Bonchev–Trinajstić information content (AvgIpc) is 2.67. The number of aliphatic hydroxyl groups excluding tert-OH is 1. The molecule has 0 bridgehead atoms. The molecule has 2 fully saturated rings. The van der Waals surface area contributed by atoms with Gasteiger partial charge in [0.05, 0.1) is 0 Å². The normalized spacial score (nSPS) is 30.6. The van der Waals surface area contributed by atoms with Crippen molar-refractivity contribution >= 4 is 0 Å². The van der Waals surface area contributed by atoms with Crippen molar-refractivity contribution in [2.75, 3.05) is 0 Å². The maximum Gasteiger partial charge on any atom is 0.189 e. The summed E-state index contributed by atoms with van der Waals surface area (Å²) in [5.74, 6) is -1.81. The van der Waals surface area contributed by atoms with Crippen LogP contribution >= 0.6 is 0 Å². The molecule has 0 spiro atoms. The van der Waals surface area contributed by atoms with E-state index in [2.05, 4.69) is 0 Å². The first-order valence-corrected chi connectivity index (χ1v) is 5.76. The lowest BCUT2D eigenvalue weighted by molar-refractivity contribution is -0.240. The lowest BCUT2D eigenvalue weighted by atomic mass is 9.92. The predicted molar refractivity (Wildman–Crippen MR) is 54.7 cm³/mol. The van der Waals surface area contributed by atoms with Crippen LogP contribution in [0.4, 0.5) is 0 Å². The van der Waals surface area contributed by atoms with Gasteiger partial charge in [-0.1, -0.05) is 38.5 Å². The van der Waals surface area contributed by atoms with Crippen LogP contribution in [0.15, 0.2) is 0 Å².